The van der Waals surface area contributed by atoms with Gasteiger partial charge in [0.2, 0.25) is 0 Å². The molecule has 3 rings (SSSR count). The fraction of sp³-hybridized carbons (Fsp3) is 0.235. The van der Waals surface area contributed by atoms with Crippen LogP contribution in [0.1, 0.15) is 36.8 Å². The molecule has 0 aromatic carbocycles. The van der Waals surface area contributed by atoms with Crippen LogP contribution in [-0.2, 0) is 0 Å². The fourth-order valence-electron chi connectivity index (χ4n) is 2.63. The number of nitrogens with one attached hydrogen (secondary N) is 1. The number of hydrogen-bond donors (Lipinski definition) is 1. The summed E-state index contributed by atoms with van der Waals surface area (Å²) < 4.78 is 0. The molecule has 0 saturated carbocycles. The molecule has 0 amide bonds. The summed E-state index contributed by atoms with van der Waals surface area (Å²) in [5.41, 5.74) is 3.60. The van der Waals surface area contributed by atoms with E-state index in [9.17, 15) is 0 Å². The third kappa shape index (κ3) is 2.14. The number of rotatable bonds is 3. The summed E-state index contributed by atoms with van der Waals surface area (Å²) >= 11 is 0. The van der Waals surface area contributed by atoms with Gasteiger partial charge in [-0.15, -0.1) is 0 Å². The summed E-state index contributed by atoms with van der Waals surface area (Å²) in [5.74, 6) is 0.281. The second-order valence-corrected chi connectivity index (χ2v) is 5.05. The Hall–Kier alpha value is -2.09. The van der Waals surface area contributed by atoms with Crippen LogP contribution in [0.4, 0.5) is 0 Å². The van der Waals surface area contributed by atoms with E-state index in [1.165, 1.54) is 21.7 Å². The lowest BCUT2D eigenvalue weighted by Crippen LogP contribution is -2.27. The van der Waals surface area contributed by atoms with Crippen molar-refractivity contribution in [1.82, 2.24) is 9.97 Å². The summed E-state index contributed by atoms with van der Waals surface area (Å²) in [6.07, 6.45) is 12.6. The molecule has 0 bridgehead atoms. The van der Waals surface area contributed by atoms with Crippen LogP contribution in [0.5, 0.6) is 0 Å². The van der Waals surface area contributed by atoms with E-state index >= 15 is 0 Å². The van der Waals surface area contributed by atoms with Crippen molar-refractivity contribution < 1.29 is 0 Å². The highest BCUT2D eigenvalue weighted by molar-refractivity contribution is 5.70. The monoisotopic (exact) mass is 250 g/mol. The molecule has 0 fully saturated rings. The van der Waals surface area contributed by atoms with E-state index in [2.05, 4.69) is 47.9 Å². The van der Waals surface area contributed by atoms with E-state index in [1.807, 2.05) is 12.3 Å². The number of pyridine rings is 1. The van der Waals surface area contributed by atoms with Gasteiger partial charge >= 0.3 is 0 Å². The van der Waals surface area contributed by atoms with Gasteiger partial charge in [-0.2, -0.15) is 0 Å². The van der Waals surface area contributed by atoms with Crippen LogP contribution in [0.2, 0.25) is 0 Å². The first kappa shape index (κ1) is 12.0. The number of nitrogens with zero attached hydrogens (tertiary/aromatic N) is 1. The summed E-state index contributed by atoms with van der Waals surface area (Å²) in [6, 6.07) is 4.09. The van der Waals surface area contributed by atoms with Crippen molar-refractivity contribution >= 4 is 17.7 Å². The van der Waals surface area contributed by atoms with Crippen molar-refractivity contribution in [3.05, 3.63) is 59.0 Å². The summed E-state index contributed by atoms with van der Waals surface area (Å²) in [5, 5.41) is 2.55. The first-order valence-corrected chi connectivity index (χ1v) is 6.74. The minimum absolute atomic E-state index is 0.281. The molecule has 2 nitrogen and oxygen atoms in total. The van der Waals surface area contributed by atoms with Gasteiger partial charge in [0.15, 0.2) is 0 Å². The number of hydrogen-bond acceptors (Lipinski definition) is 1. The molecular formula is C17H18N2. The third-order valence-corrected chi connectivity index (χ3v) is 3.87. The zero-order valence-electron chi connectivity index (χ0n) is 11.2. The van der Waals surface area contributed by atoms with Crippen LogP contribution in [0.15, 0.2) is 37.3 Å². The molecule has 0 saturated heterocycles. The standard InChI is InChI=1S/C17H18N2/c1-12(14-6-5-9-18-10-14)13(2)16-11-19-17-8-4-3-7-15(16)17/h5-12,19H,2-4H2,1H3. The van der Waals surface area contributed by atoms with Gasteiger partial charge in [-0.1, -0.05) is 31.7 Å². The molecule has 1 N–H and O–H groups in total. The van der Waals surface area contributed by atoms with Gasteiger partial charge in [0.1, 0.15) is 0 Å². The van der Waals surface area contributed by atoms with Gasteiger partial charge in [0.05, 0.1) is 0 Å². The van der Waals surface area contributed by atoms with Crippen molar-refractivity contribution in [1.29, 1.82) is 0 Å². The highest BCUT2D eigenvalue weighted by Gasteiger charge is 2.14. The smallest absolute Gasteiger partial charge is 0.0416 e. The average molecular weight is 250 g/mol. The van der Waals surface area contributed by atoms with Crippen molar-refractivity contribution in [3.8, 4) is 0 Å². The summed E-state index contributed by atoms with van der Waals surface area (Å²) in [6.45, 7) is 6.49. The lowest BCUT2D eigenvalue weighted by molar-refractivity contribution is 0.974. The molecule has 2 aromatic rings. The van der Waals surface area contributed by atoms with Crippen LogP contribution in [0.3, 0.4) is 0 Å². The van der Waals surface area contributed by atoms with Crippen LogP contribution in [-0.4, -0.2) is 9.97 Å². The maximum atomic E-state index is 4.30. The topological polar surface area (TPSA) is 28.7 Å². The van der Waals surface area contributed by atoms with E-state index in [0.29, 0.717) is 0 Å². The molecule has 1 atom stereocenters. The Morgan fingerprint density at radius 2 is 2.21 bits per heavy atom. The van der Waals surface area contributed by atoms with Crippen LogP contribution < -0.4 is 10.6 Å². The molecule has 1 aliphatic carbocycles. The zero-order chi connectivity index (χ0) is 13.2. The van der Waals surface area contributed by atoms with Crippen LogP contribution in [0, 0.1) is 0 Å². The molecule has 1 aliphatic rings. The van der Waals surface area contributed by atoms with E-state index in [1.54, 1.807) is 6.20 Å². The number of aromatic nitrogens is 2. The van der Waals surface area contributed by atoms with Gasteiger partial charge in [-0.25, -0.2) is 0 Å². The Labute approximate surface area is 113 Å². The summed E-state index contributed by atoms with van der Waals surface area (Å²) in [4.78, 5) is 7.54. The second kappa shape index (κ2) is 4.88. The van der Waals surface area contributed by atoms with Gasteiger partial charge in [0, 0.05) is 40.6 Å². The molecule has 2 aromatic heterocycles. The number of allylic oxidation sites excluding steroid dienone is 1. The SMILES string of the molecule is C=C(c1c[nH]c2c1=CCCC=2)C(C)c1cccnc1. The summed E-state index contributed by atoms with van der Waals surface area (Å²) in [7, 11) is 0. The second-order valence-electron chi connectivity index (χ2n) is 5.05. The van der Waals surface area contributed by atoms with Crippen LogP contribution >= 0.6 is 0 Å². The maximum absolute atomic E-state index is 4.30. The number of fused-ring (bicyclic) bond motifs is 1. The Morgan fingerprint density at radius 1 is 1.37 bits per heavy atom. The molecule has 0 spiro atoms. The predicted molar refractivity (Wildman–Crippen MR) is 79.9 cm³/mol. The average Bonchev–Trinajstić information content (AvgIpc) is 2.90. The van der Waals surface area contributed by atoms with Crippen molar-refractivity contribution in [2.45, 2.75) is 25.7 Å². The Balaban J connectivity index is 2.00. The van der Waals surface area contributed by atoms with Crippen molar-refractivity contribution in [2.24, 2.45) is 0 Å². The molecule has 0 radical (unpaired) electrons. The number of aromatic amines is 1. The molecule has 96 valence electrons. The fourth-order valence-corrected chi connectivity index (χ4v) is 2.63. The quantitative estimate of drug-likeness (QED) is 0.891. The van der Waals surface area contributed by atoms with Gasteiger partial charge in [0.25, 0.3) is 0 Å². The van der Waals surface area contributed by atoms with E-state index < -0.39 is 0 Å². The molecule has 1 unspecified atom stereocenters. The minimum atomic E-state index is 0.281. The minimum Gasteiger partial charge on any atom is -0.361 e. The molecule has 2 heterocycles. The predicted octanol–water partition coefficient (Wildman–Crippen LogP) is 2.58. The highest BCUT2D eigenvalue weighted by atomic mass is 14.7. The molecule has 0 aliphatic heterocycles. The van der Waals surface area contributed by atoms with Crippen molar-refractivity contribution in [2.75, 3.05) is 0 Å². The third-order valence-electron chi connectivity index (χ3n) is 3.87. The Bertz CT molecular complexity index is 707. The van der Waals surface area contributed by atoms with Crippen LogP contribution in [0.25, 0.3) is 17.7 Å². The zero-order valence-corrected chi connectivity index (χ0v) is 11.2. The lowest BCUT2D eigenvalue weighted by Gasteiger charge is -2.14. The van der Waals surface area contributed by atoms with Crippen molar-refractivity contribution in [3.63, 3.8) is 0 Å². The van der Waals surface area contributed by atoms with Gasteiger partial charge < -0.3 is 4.98 Å². The Kier molecular flexibility index (Phi) is 3.08. The van der Waals surface area contributed by atoms with E-state index in [0.717, 1.165) is 18.4 Å². The highest BCUT2D eigenvalue weighted by Crippen LogP contribution is 2.27. The van der Waals surface area contributed by atoms with E-state index in [-0.39, 0.29) is 5.92 Å². The first-order valence-electron chi connectivity index (χ1n) is 6.74. The molecular weight excluding hydrogens is 232 g/mol. The molecule has 2 heteroatoms. The lowest BCUT2D eigenvalue weighted by atomic mass is 9.90. The van der Waals surface area contributed by atoms with Gasteiger partial charge in [-0.05, 0) is 30.0 Å². The van der Waals surface area contributed by atoms with Gasteiger partial charge in [-0.3, -0.25) is 4.98 Å². The largest absolute Gasteiger partial charge is 0.361 e. The maximum Gasteiger partial charge on any atom is 0.0416 e. The van der Waals surface area contributed by atoms with E-state index in [4.69, 9.17) is 0 Å². The number of H-pyrrole nitrogens is 1. The first-order chi connectivity index (χ1) is 9.27. The Morgan fingerprint density at radius 3 is 3.00 bits per heavy atom. The normalized spacial score (nSPS) is 15.0. The molecule has 19 heavy (non-hydrogen) atoms.